The largest absolute Gasteiger partial charge is 0.467 e. The highest BCUT2D eigenvalue weighted by Gasteiger charge is 2.17. The number of para-hydroxylation sites is 1. The number of ether oxygens (including phenoxy) is 1. The van der Waals surface area contributed by atoms with Gasteiger partial charge in [-0.3, -0.25) is 4.68 Å². The lowest BCUT2D eigenvalue weighted by Gasteiger charge is -2.10. The average Bonchev–Trinajstić information content (AvgIpc) is 2.70. The van der Waals surface area contributed by atoms with Gasteiger partial charge in [0.2, 0.25) is 0 Å². The maximum absolute atomic E-state index is 11.4. The zero-order valence-corrected chi connectivity index (χ0v) is 8.68. The Balaban J connectivity index is 2.48. The summed E-state index contributed by atoms with van der Waals surface area (Å²) in [5.74, 6) is -0.288. The van der Waals surface area contributed by atoms with Crippen molar-refractivity contribution in [3.63, 3.8) is 0 Å². The normalized spacial score (nSPS) is 12.7. The molecule has 0 N–H and O–H groups in total. The van der Waals surface area contributed by atoms with Crippen LogP contribution in [0.3, 0.4) is 0 Å². The fourth-order valence-corrected chi connectivity index (χ4v) is 1.57. The molecule has 0 fully saturated rings. The van der Waals surface area contributed by atoms with E-state index < -0.39 is 6.04 Å². The summed E-state index contributed by atoms with van der Waals surface area (Å²) in [6.45, 7) is 1.77. The van der Waals surface area contributed by atoms with E-state index in [1.165, 1.54) is 7.11 Å². The van der Waals surface area contributed by atoms with Gasteiger partial charge >= 0.3 is 5.97 Å². The van der Waals surface area contributed by atoms with Crippen molar-refractivity contribution in [2.45, 2.75) is 13.0 Å². The van der Waals surface area contributed by atoms with Crippen molar-refractivity contribution in [3.8, 4) is 0 Å². The number of aromatic nitrogens is 2. The van der Waals surface area contributed by atoms with Crippen molar-refractivity contribution >= 4 is 16.9 Å². The maximum atomic E-state index is 11.4. The Morgan fingerprint density at radius 3 is 2.93 bits per heavy atom. The number of carbonyl (C=O) groups is 1. The van der Waals surface area contributed by atoms with Crippen LogP contribution in [0.1, 0.15) is 13.0 Å². The first kappa shape index (κ1) is 9.71. The van der Waals surface area contributed by atoms with Crippen molar-refractivity contribution in [2.75, 3.05) is 7.11 Å². The standard InChI is InChI=1S/C11H12N2O2/c1-8(11(14)15-2)13-10-6-4-3-5-9(10)7-12-13/h3-8H,1-2H3/t8-/m0/s1. The maximum Gasteiger partial charge on any atom is 0.330 e. The summed E-state index contributed by atoms with van der Waals surface area (Å²) in [4.78, 5) is 11.4. The van der Waals surface area contributed by atoms with Crippen LogP contribution in [-0.2, 0) is 9.53 Å². The number of hydrogen-bond donors (Lipinski definition) is 0. The Kier molecular flexibility index (Phi) is 2.41. The number of esters is 1. The van der Waals surface area contributed by atoms with E-state index in [0.717, 1.165) is 10.9 Å². The molecule has 0 spiro atoms. The molecule has 15 heavy (non-hydrogen) atoms. The molecule has 0 saturated heterocycles. The van der Waals surface area contributed by atoms with Crippen LogP contribution in [0.4, 0.5) is 0 Å². The molecule has 2 rings (SSSR count). The number of carbonyl (C=O) groups excluding carboxylic acids is 1. The smallest absolute Gasteiger partial charge is 0.330 e. The first-order chi connectivity index (χ1) is 7.24. The molecule has 0 aliphatic rings. The van der Waals surface area contributed by atoms with Gasteiger partial charge in [-0.15, -0.1) is 0 Å². The van der Waals surface area contributed by atoms with E-state index in [9.17, 15) is 4.79 Å². The Bertz CT molecular complexity index is 490. The number of hydrogen-bond acceptors (Lipinski definition) is 3. The van der Waals surface area contributed by atoms with Crippen LogP contribution < -0.4 is 0 Å². The number of nitrogens with zero attached hydrogens (tertiary/aromatic N) is 2. The third-order valence-corrected chi connectivity index (χ3v) is 2.41. The van der Waals surface area contributed by atoms with Crippen LogP contribution in [0.5, 0.6) is 0 Å². The summed E-state index contributed by atoms with van der Waals surface area (Å²) in [5, 5.41) is 5.20. The van der Waals surface area contributed by atoms with Crippen LogP contribution in [0, 0.1) is 0 Å². The van der Waals surface area contributed by atoms with Crippen molar-refractivity contribution in [3.05, 3.63) is 30.5 Å². The molecular formula is C11H12N2O2. The van der Waals surface area contributed by atoms with Gasteiger partial charge in [0, 0.05) is 5.39 Å². The first-order valence-electron chi connectivity index (χ1n) is 4.74. The highest BCUT2D eigenvalue weighted by atomic mass is 16.5. The lowest BCUT2D eigenvalue weighted by molar-refractivity contribution is -0.144. The van der Waals surface area contributed by atoms with Gasteiger partial charge < -0.3 is 4.74 Å². The number of fused-ring (bicyclic) bond motifs is 1. The minimum atomic E-state index is -0.394. The average molecular weight is 204 g/mol. The van der Waals surface area contributed by atoms with E-state index in [2.05, 4.69) is 9.84 Å². The summed E-state index contributed by atoms with van der Waals surface area (Å²) >= 11 is 0. The molecule has 78 valence electrons. The molecule has 0 unspecified atom stereocenters. The summed E-state index contributed by atoms with van der Waals surface area (Å²) < 4.78 is 6.35. The van der Waals surface area contributed by atoms with Gasteiger partial charge in [-0.1, -0.05) is 18.2 Å². The number of methoxy groups -OCH3 is 1. The van der Waals surface area contributed by atoms with E-state index in [-0.39, 0.29) is 5.97 Å². The predicted molar refractivity (Wildman–Crippen MR) is 56.5 cm³/mol. The van der Waals surface area contributed by atoms with Crippen molar-refractivity contribution in [1.29, 1.82) is 0 Å². The second kappa shape index (κ2) is 3.73. The molecule has 2 aromatic rings. The predicted octanol–water partition coefficient (Wildman–Crippen LogP) is 1.77. The fourth-order valence-electron chi connectivity index (χ4n) is 1.57. The lowest BCUT2D eigenvalue weighted by Crippen LogP contribution is -2.18. The summed E-state index contributed by atoms with van der Waals surface area (Å²) in [6, 6.07) is 7.36. The van der Waals surface area contributed by atoms with E-state index in [1.54, 1.807) is 17.8 Å². The first-order valence-corrected chi connectivity index (χ1v) is 4.74. The van der Waals surface area contributed by atoms with E-state index in [1.807, 2.05) is 24.3 Å². The molecular weight excluding hydrogens is 192 g/mol. The monoisotopic (exact) mass is 204 g/mol. The van der Waals surface area contributed by atoms with Gasteiger partial charge in [-0.25, -0.2) is 4.79 Å². The van der Waals surface area contributed by atoms with Crippen LogP contribution in [-0.4, -0.2) is 22.9 Å². The van der Waals surface area contributed by atoms with Crippen molar-refractivity contribution in [2.24, 2.45) is 0 Å². The third-order valence-electron chi connectivity index (χ3n) is 2.41. The molecule has 0 radical (unpaired) electrons. The zero-order valence-electron chi connectivity index (χ0n) is 8.68. The van der Waals surface area contributed by atoms with Gasteiger partial charge in [-0.2, -0.15) is 5.10 Å². The van der Waals surface area contributed by atoms with Crippen LogP contribution >= 0.6 is 0 Å². The van der Waals surface area contributed by atoms with Crippen LogP contribution in [0.25, 0.3) is 10.9 Å². The van der Waals surface area contributed by atoms with Gasteiger partial charge in [0.15, 0.2) is 0 Å². The fraction of sp³-hybridized carbons (Fsp3) is 0.273. The Morgan fingerprint density at radius 1 is 1.47 bits per heavy atom. The SMILES string of the molecule is COC(=O)[C@H](C)n1ncc2ccccc21. The Labute approximate surface area is 87.5 Å². The summed E-state index contributed by atoms with van der Waals surface area (Å²) in [6.07, 6.45) is 1.74. The van der Waals surface area contributed by atoms with Gasteiger partial charge in [0.1, 0.15) is 6.04 Å². The molecule has 4 nitrogen and oxygen atoms in total. The molecule has 0 aliphatic heterocycles. The molecule has 0 saturated carbocycles. The zero-order chi connectivity index (χ0) is 10.8. The van der Waals surface area contributed by atoms with E-state index >= 15 is 0 Å². The minimum Gasteiger partial charge on any atom is -0.467 e. The molecule has 1 heterocycles. The molecule has 0 bridgehead atoms. The molecule has 1 atom stereocenters. The summed E-state index contributed by atoms with van der Waals surface area (Å²) in [5.41, 5.74) is 0.940. The van der Waals surface area contributed by atoms with Crippen molar-refractivity contribution in [1.82, 2.24) is 9.78 Å². The number of benzene rings is 1. The topological polar surface area (TPSA) is 44.1 Å². The van der Waals surface area contributed by atoms with Crippen LogP contribution in [0.15, 0.2) is 30.5 Å². The van der Waals surface area contributed by atoms with E-state index in [0.29, 0.717) is 0 Å². The lowest BCUT2D eigenvalue weighted by atomic mass is 10.2. The van der Waals surface area contributed by atoms with Crippen molar-refractivity contribution < 1.29 is 9.53 Å². The summed E-state index contributed by atoms with van der Waals surface area (Å²) in [7, 11) is 1.38. The van der Waals surface area contributed by atoms with Gasteiger partial charge in [0.25, 0.3) is 0 Å². The molecule has 4 heteroatoms. The highest BCUT2D eigenvalue weighted by molar-refractivity contribution is 5.81. The Hall–Kier alpha value is -1.84. The molecule has 0 aliphatic carbocycles. The molecule has 1 aromatic carbocycles. The molecule has 1 aromatic heterocycles. The minimum absolute atomic E-state index is 0.288. The second-order valence-electron chi connectivity index (χ2n) is 3.35. The second-order valence-corrected chi connectivity index (χ2v) is 3.35. The Morgan fingerprint density at radius 2 is 2.20 bits per heavy atom. The van der Waals surface area contributed by atoms with Gasteiger partial charge in [0.05, 0.1) is 18.8 Å². The van der Waals surface area contributed by atoms with E-state index in [4.69, 9.17) is 0 Å². The number of rotatable bonds is 2. The molecule has 0 amide bonds. The quantitative estimate of drug-likeness (QED) is 0.700. The van der Waals surface area contributed by atoms with Gasteiger partial charge in [-0.05, 0) is 13.0 Å². The van der Waals surface area contributed by atoms with Crippen LogP contribution in [0.2, 0.25) is 0 Å². The highest BCUT2D eigenvalue weighted by Crippen LogP contribution is 2.17. The third kappa shape index (κ3) is 1.58.